The van der Waals surface area contributed by atoms with E-state index in [0.717, 1.165) is 13.0 Å². The summed E-state index contributed by atoms with van der Waals surface area (Å²) in [6.45, 7) is 1.79. The van der Waals surface area contributed by atoms with E-state index in [1.54, 1.807) is 12.1 Å². The van der Waals surface area contributed by atoms with E-state index < -0.39 is 5.97 Å². The minimum Gasteiger partial charge on any atom is -0.492 e. The van der Waals surface area contributed by atoms with Gasteiger partial charge in [-0.1, -0.05) is 0 Å². The van der Waals surface area contributed by atoms with Crippen molar-refractivity contribution >= 4 is 5.97 Å². The van der Waals surface area contributed by atoms with Crippen LogP contribution in [0.4, 0.5) is 4.39 Å². The summed E-state index contributed by atoms with van der Waals surface area (Å²) in [6, 6.07) is 5.42. The molecular formula is C13H16FNO3. The molecule has 1 saturated heterocycles. The standard InChI is InChI=1S/C13H16FNO3/c14-10-3-5-11(6-4-10)18-9-8-15-7-1-2-12(15)13(16)17/h3-6,12H,1-2,7-9H2,(H,16,17). The number of likely N-dealkylation sites (tertiary alicyclic amines) is 1. The number of benzene rings is 1. The zero-order valence-electron chi connectivity index (χ0n) is 10.0. The van der Waals surface area contributed by atoms with Crippen molar-refractivity contribution in [2.24, 2.45) is 0 Å². The summed E-state index contributed by atoms with van der Waals surface area (Å²) in [7, 11) is 0. The van der Waals surface area contributed by atoms with Crippen LogP contribution in [-0.2, 0) is 4.79 Å². The number of nitrogens with zero attached hydrogens (tertiary/aromatic N) is 1. The van der Waals surface area contributed by atoms with Crippen molar-refractivity contribution in [3.8, 4) is 5.75 Å². The van der Waals surface area contributed by atoms with Crippen molar-refractivity contribution in [2.45, 2.75) is 18.9 Å². The van der Waals surface area contributed by atoms with Crippen LogP contribution in [-0.4, -0.2) is 41.7 Å². The second kappa shape index (κ2) is 5.82. The number of hydrogen-bond acceptors (Lipinski definition) is 3. The minimum absolute atomic E-state index is 0.298. The molecule has 5 heteroatoms. The van der Waals surface area contributed by atoms with Crippen LogP contribution in [0.2, 0.25) is 0 Å². The largest absolute Gasteiger partial charge is 0.492 e. The maximum atomic E-state index is 12.7. The first-order valence-electron chi connectivity index (χ1n) is 6.02. The van der Waals surface area contributed by atoms with Gasteiger partial charge in [-0.05, 0) is 43.7 Å². The van der Waals surface area contributed by atoms with Gasteiger partial charge in [0.25, 0.3) is 0 Å². The van der Waals surface area contributed by atoms with Crippen LogP contribution < -0.4 is 4.74 Å². The van der Waals surface area contributed by atoms with Crippen LogP contribution >= 0.6 is 0 Å². The highest BCUT2D eigenvalue weighted by Crippen LogP contribution is 2.17. The first kappa shape index (κ1) is 12.8. The fraction of sp³-hybridized carbons (Fsp3) is 0.462. The molecule has 98 valence electrons. The van der Waals surface area contributed by atoms with Gasteiger partial charge in [-0.3, -0.25) is 9.69 Å². The van der Waals surface area contributed by atoms with Crippen LogP contribution in [0.25, 0.3) is 0 Å². The average Bonchev–Trinajstić information content (AvgIpc) is 2.80. The lowest BCUT2D eigenvalue weighted by Crippen LogP contribution is -2.38. The normalized spacial score (nSPS) is 19.9. The van der Waals surface area contributed by atoms with E-state index in [-0.39, 0.29) is 11.9 Å². The molecule has 1 unspecified atom stereocenters. The molecule has 1 heterocycles. The van der Waals surface area contributed by atoms with Gasteiger partial charge in [-0.2, -0.15) is 0 Å². The molecule has 1 fully saturated rings. The number of carboxylic acids is 1. The molecule has 2 rings (SSSR count). The van der Waals surface area contributed by atoms with Crippen molar-refractivity contribution in [2.75, 3.05) is 19.7 Å². The van der Waals surface area contributed by atoms with E-state index in [0.29, 0.717) is 25.3 Å². The highest BCUT2D eigenvalue weighted by atomic mass is 19.1. The third-order valence-electron chi connectivity index (χ3n) is 3.11. The van der Waals surface area contributed by atoms with E-state index in [1.165, 1.54) is 12.1 Å². The molecule has 0 amide bonds. The Hall–Kier alpha value is -1.62. The first-order chi connectivity index (χ1) is 8.66. The van der Waals surface area contributed by atoms with Crippen LogP contribution in [0.15, 0.2) is 24.3 Å². The van der Waals surface area contributed by atoms with E-state index >= 15 is 0 Å². The Morgan fingerprint density at radius 2 is 2.17 bits per heavy atom. The molecular weight excluding hydrogens is 237 g/mol. The third kappa shape index (κ3) is 3.20. The Balaban J connectivity index is 1.78. The number of carbonyl (C=O) groups is 1. The van der Waals surface area contributed by atoms with Crippen molar-refractivity contribution < 1.29 is 19.0 Å². The lowest BCUT2D eigenvalue weighted by molar-refractivity contribution is -0.142. The highest BCUT2D eigenvalue weighted by molar-refractivity contribution is 5.73. The lowest BCUT2D eigenvalue weighted by Gasteiger charge is -2.20. The molecule has 0 spiro atoms. The highest BCUT2D eigenvalue weighted by Gasteiger charge is 2.29. The summed E-state index contributed by atoms with van der Waals surface area (Å²) in [5.74, 6) is -0.468. The second-order valence-electron chi connectivity index (χ2n) is 4.33. The van der Waals surface area contributed by atoms with Crippen molar-refractivity contribution in [1.29, 1.82) is 0 Å². The molecule has 1 N–H and O–H groups in total. The average molecular weight is 253 g/mol. The maximum absolute atomic E-state index is 12.7. The molecule has 1 aromatic rings. The number of aliphatic carboxylic acids is 1. The van der Waals surface area contributed by atoms with E-state index in [2.05, 4.69) is 0 Å². The van der Waals surface area contributed by atoms with Crippen molar-refractivity contribution in [3.05, 3.63) is 30.1 Å². The molecule has 1 atom stereocenters. The van der Waals surface area contributed by atoms with E-state index in [9.17, 15) is 9.18 Å². The number of ether oxygens (including phenoxy) is 1. The molecule has 1 aromatic carbocycles. The summed E-state index contributed by atoms with van der Waals surface area (Å²) in [6.07, 6.45) is 1.61. The lowest BCUT2D eigenvalue weighted by atomic mass is 10.2. The molecule has 18 heavy (non-hydrogen) atoms. The molecule has 1 aliphatic heterocycles. The number of rotatable bonds is 5. The monoisotopic (exact) mass is 253 g/mol. The van der Waals surface area contributed by atoms with Crippen LogP contribution in [0.1, 0.15) is 12.8 Å². The Labute approximate surface area is 105 Å². The molecule has 0 saturated carbocycles. The van der Waals surface area contributed by atoms with Gasteiger partial charge in [-0.25, -0.2) is 4.39 Å². The molecule has 4 nitrogen and oxygen atoms in total. The Morgan fingerprint density at radius 3 is 2.83 bits per heavy atom. The summed E-state index contributed by atoms with van der Waals surface area (Å²) in [5.41, 5.74) is 0. The fourth-order valence-electron chi connectivity index (χ4n) is 2.19. The quantitative estimate of drug-likeness (QED) is 0.868. The summed E-state index contributed by atoms with van der Waals surface area (Å²) in [4.78, 5) is 12.9. The predicted octanol–water partition coefficient (Wildman–Crippen LogP) is 1.75. The SMILES string of the molecule is O=C(O)C1CCCN1CCOc1ccc(F)cc1. The second-order valence-corrected chi connectivity index (χ2v) is 4.33. The van der Waals surface area contributed by atoms with Crippen LogP contribution in [0.5, 0.6) is 5.75 Å². The fourth-order valence-corrected chi connectivity index (χ4v) is 2.19. The van der Waals surface area contributed by atoms with Gasteiger partial charge in [-0.15, -0.1) is 0 Å². The smallest absolute Gasteiger partial charge is 0.320 e. The van der Waals surface area contributed by atoms with Gasteiger partial charge >= 0.3 is 5.97 Å². The predicted molar refractivity (Wildman–Crippen MR) is 64.1 cm³/mol. The number of hydrogen-bond donors (Lipinski definition) is 1. The zero-order valence-corrected chi connectivity index (χ0v) is 10.0. The Bertz CT molecular complexity index is 407. The van der Waals surface area contributed by atoms with Gasteiger partial charge in [0.1, 0.15) is 24.2 Å². The van der Waals surface area contributed by atoms with Crippen LogP contribution in [0, 0.1) is 5.82 Å². The van der Waals surface area contributed by atoms with Gasteiger partial charge in [0.2, 0.25) is 0 Å². The molecule has 1 aliphatic rings. The summed E-state index contributed by atoms with van der Waals surface area (Å²) in [5, 5.41) is 9.01. The summed E-state index contributed by atoms with van der Waals surface area (Å²) >= 11 is 0. The Kier molecular flexibility index (Phi) is 4.15. The van der Waals surface area contributed by atoms with Gasteiger partial charge in [0.05, 0.1) is 0 Å². The molecule has 0 radical (unpaired) electrons. The van der Waals surface area contributed by atoms with Crippen LogP contribution in [0.3, 0.4) is 0 Å². The summed E-state index contributed by atoms with van der Waals surface area (Å²) < 4.78 is 18.1. The van der Waals surface area contributed by atoms with Gasteiger partial charge < -0.3 is 9.84 Å². The Morgan fingerprint density at radius 1 is 1.44 bits per heavy atom. The number of halogens is 1. The maximum Gasteiger partial charge on any atom is 0.320 e. The van der Waals surface area contributed by atoms with E-state index in [4.69, 9.17) is 9.84 Å². The van der Waals surface area contributed by atoms with Gasteiger partial charge in [0.15, 0.2) is 0 Å². The van der Waals surface area contributed by atoms with Crippen molar-refractivity contribution in [1.82, 2.24) is 4.90 Å². The first-order valence-corrected chi connectivity index (χ1v) is 6.02. The minimum atomic E-state index is -0.769. The molecule has 0 aromatic heterocycles. The topological polar surface area (TPSA) is 49.8 Å². The molecule has 0 aliphatic carbocycles. The third-order valence-corrected chi connectivity index (χ3v) is 3.11. The zero-order chi connectivity index (χ0) is 13.0. The number of carboxylic acid groups (broad SMARTS) is 1. The van der Waals surface area contributed by atoms with E-state index in [1.807, 2.05) is 4.90 Å². The van der Waals surface area contributed by atoms with Crippen molar-refractivity contribution in [3.63, 3.8) is 0 Å². The van der Waals surface area contributed by atoms with Gasteiger partial charge in [0, 0.05) is 6.54 Å². The molecule has 0 bridgehead atoms.